The smallest absolute Gasteiger partial charge is 0.159 e. The molecular formula is C47H33NO. The Labute approximate surface area is 285 Å². The van der Waals surface area contributed by atoms with E-state index in [1.807, 2.05) is 6.07 Å². The van der Waals surface area contributed by atoms with Crippen LogP contribution in [-0.2, 0) is 5.41 Å². The second-order valence-corrected chi connectivity index (χ2v) is 13.8. The van der Waals surface area contributed by atoms with Crippen LogP contribution in [0.1, 0.15) is 25.0 Å². The van der Waals surface area contributed by atoms with Crippen LogP contribution in [0.4, 0.5) is 17.1 Å². The van der Waals surface area contributed by atoms with Gasteiger partial charge in [0.2, 0.25) is 0 Å². The lowest BCUT2D eigenvalue weighted by Crippen LogP contribution is -2.15. The lowest BCUT2D eigenvalue weighted by molar-refractivity contribution is 0.667. The Balaban J connectivity index is 1.19. The van der Waals surface area contributed by atoms with Gasteiger partial charge in [0.25, 0.3) is 0 Å². The fraction of sp³-hybridized carbons (Fsp3) is 0.0638. The van der Waals surface area contributed by atoms with E-state index >= 15 is 0 Å². The Morgan fingerprint density at radius 1 is 0.469 bits per heavy atom. The maximum Gasteiger partial charge on any atom is 0.159 e. The minimum atomic E-state index is -0.126. The average molecular weight is 628 g/mol. The summed E-state index contributed by atoms with van der Waals surface area (Å²) >= 11 is 0. The third-order valence-corrected chi connectivity index (χ3v) is 10.6. The van der Waals surface area contributed by atoms with Crippen molar-refractivity contribution in [3.05, 3.63) is 175 Å². The predicted octanol–water partition coefficient (Wildman–Crippen LogP) is 13.3. The highest BCUT2D eigenvalue weighted by molar-refractivity contribution is 6.10. The van der Waals surface area contributed by atoms with Crippen molar-refractivity contribution in [2.45, 2.75) is 19.3 Å². The van der Waals surface area contributed by atoms with E-state index in [4.69, 9.17) is 4.42 Å². The van der Waals surface area contributed by atoms with Crippen molar-refractivity contribution in [3.8, 4) is 22.3 Å². The zero-order valence-electron chi connectivity index (χ0n) is 27.4. The minimum Gasteiger partial charge on any atom is -0.454 e. The summed E-state index contributed by atoms with van der Waals surface area (Å²) in [6.07, 6.45) is 0. The summed E-state index contributed by atoms with van der Waals surface area (Å²) in [6.45, 7) is 4.76. The van der Waals surface area contributed by atoms with Gasteiger partial charge in [0.05, 0.1) is 5.69 Å². The quantitative estimate of drug-likeness (QED) is 0.193. The molecule has 0 saturated heterocycles. The molecule has 0 unspecified atom stereocenters. The largest absolute Gasteiger partial charge is 0.454 e. The fourth-order valence-electron chi connectivity index (χ4n) is 8.26. The molecule has 2 heteroatoms. The predicted molar refractivity (Wildman–Crippen MR) is 206 cm³/mol. The van der Waals surface area contributed by atoms with Crippen LogP contribution >= 0.6 is 0 Å². The van der Waals surface area contributed by atoms with Crippen molar-refractivity contribution >= 4 is 60.5 Å². The topological polar surface area (TPSA) is 16.4 Å². The van der Waals surface area contributed by atoms with Gasteiger partial charge in [-0.3, -0.25) is 0 Å². The second kappa shape index (κ2) is 10.4. The molecule has 2 nitrogen and oxygen atoms in total. The highest BCUT2D eigenvalue weighted by atomic mass is 16.3. The van der Waals surface area contributed by atoms with Crippen LogP contribution < -0.4 is 4.90 Å². The van der Waals surface area contributed by atoms with Gasteiger partial charge in [-0.25, -0.2) is 0 Å². The summed E-state index contributed by atoms with van der Waals surface area (Å²) in [4.78, 5) is 2.36. The van der Waals surface area contributed by atoms with Crippen molar-refractivity contribution in [2.75, 3.05) is 4.90 Å². The molecule has 0 fully saturated rings. The molecule has 10 rings (SSSR count). The number of rotatable bonds is 4. The average Bonchev–Trinajstić information content (AvgIpc) is 3.64. The van der Waals surface area contributed by atoms with Gasteiger partial charge in [-0.1, -0.05) is 129 Å². The van der Waals surface area contributed by atoms with Crippen LogP contribution in [0.2, 0.25) is 0 Å². The molecule has 1 aromatic heterocycles. The maximum atomic E-state index is 6.63. The fourth-order valence-corrected chi connectivity index (χ4v) is 8.26. The van der Waals surface area contributed by atoms with Crippen molar-refractivity contribution in [3.63, 3.8) is 0 Å². The van der Waals surface area contributed by atoms with Gasteiger partial charge < -0.3 is 9.32 Å². The molecule has 9 aromatic rings. The van der Waals surface area contributed by atoms with Crippen LogP contribution in [0.5, 0.6) is 0 Å². The third kappa shape index (κ3) is 4.20. The van der Waals surface area contributed by atoms with Crippen molar-refractivity contribution in [1.82, 2.24) is 0 Å². The van der Waals surface area contributed by atoms with E-state index in [0.29, 0.717) is 0 Å². The summed E-state index contributed by atoms with van der Waals surface area (Å²) in [7, 11) is 0. The monoisotopic (exact) mass is 627 g/mol. The number of furan rings is 1. The molecular weight excluding hydrogens is 595 g/mol. The highest BCUT2D eigenvalue weighted by Gasteiger charge is 2.37. The van der Waals surface area contributed by atoms with Gasteiger partial charge in [-0.2, -0.15) is 0 Å². The van der Waals surface area contributed by atoms with E-state index in [-0.39, 0.29) is 5.41 Å². The Hall–Kier alpha value is -6.12. The van der Waals surface area contributed by atoms with Gasteiger partial charge in [0.15, 0.2) is 5.58 Å². The molecule has 0 atom stereocenters. The van der Waals surface area contributed by atoms with Gasteiger partial charge in [0, 0.05) is 27.6 Å². The van der Waals surface area contributed by atoms with Crippen LogP contribution in [0.3, 0.4) is 0 Å². The summed E-state index contributed by atoms with van der Waals surface area (Å²) in [5.74, 6) is 0. The zero-order chi connectivity index (χ0) is 32.7. The Kier molecular flexibility index (Phi) is 5.95. The van der Waals surface area contributed by atoms with E-state index in [9.17, 15) is 0 Å². The first-order chi connectivity index (χ1) is 24.0. The molecule has 49 heavy (non-hydrogen) atoms. The summed E-state index contributed by atoms with van der Waals surface area (Å²) in [5, 5.41) is 7.33. The van der Waals surface area contributed by atoms with E-state index in [0.717, 1.165) is 39.0 Å². The lowest BCUT2D eigenvalue weighted by Gasteiger charge is -2.27. The SMILES string of the molecule is CC1(C)c2cc3cc(N(c4cccc(-c5ccccc5)c4)c4cccc5c4oc4ccccc45)ccc3cc2-c2ccc3ccccc3c21. The number of benzene rings is 8. The van der Waals surface area contributed by atoms with Crippen molar-refractivity contribution in [2.24, 2.45) is 0 Å². The first-order valence-corrected chi connectivity index (χ1v) is 17.0. The number of anilines is 3. The van der Waals surface area contributed by atoms with Crippen molar-refractivity contribution < 1.29 is 4.42 Å². The number of hydrogen-bond donors (Lipinski definition) is 0. The van der Waals surface area contributed by atoms with Gasteiger partial charge >= 0.3 is 0 Å². The Morgan fingerprint density at radius 3 is 2.08 bits per heavy atom. The van der Waals surface area contributed by atoms with Crippen molar-refractivity contribution in [1.29, 1.82) is 0 Å². The van der Waals surface area contributed by atoms with Crippen LogP contribution in [0, 0.1) is 0 Å². The molecule has 0 amide bonds. The number of para-hydroxylation sites is 2. The van der Waals surface area contributed by atoms with E-state index in [2.05, 4.69) is 176 Å². The van der Waals surface area contributed by atoms with E-state index < -0.39 is 0 Å². The lowest BCUT2D eigenvalue weighted by atomic mass is 9.80. The third-order valence-electron chi connectivity index (χ3n) is 10.6. The Bertz CT molecular complexity index is 2750. The summed E-state index contributed by atoms with van der Waals surface area (Å²) in [5.41, 5.74) is 12.7. The van der Waals surface area contributed by atoms with Crippen LogP contribution in [-0.4, -0.2) is 0 Å². The zero-order valence-corrected chi connectivity index (χ0v) is 27.4. The molecule has 8 aromatic carbocycles. The highest BCUT2D eigenvalue weighted by Crippen LogP contribution is 2.53. The molecule has 0 radical (unpaired) electrons. The number of hydrogen-bond acceptors (Lipinski definition) is 2. The van der Waals surface area contributed by atoms with Gasteiger partial charge in [-0.05, 0) is 103 Å². The summed E-state index contributed by atoms with van der Waals surface area (Å²) < 4.78 is 6.63. The van der Waals surface area contributed by atoms with Gasteiger partial charge in [-0.15, -0.1) is 0 Å². The normalized spacial score (nSPS) is 13.3. The Morgan fingerprint density at radius 2 is 1.18 bits per heavy atom. The summed E-state index contributed by atoms with van der Waals surface area (Å²) in [6, 6.07) is 59.3. The maximum absolute atomic E-state index is 6.63. The van der Waals surface area contributed by atoms with Gasteiger partial charge in [0.1, 0.15) is 5.58 Å². The first kappa shape index (κ1) is 27.9. The van der Waals surface area contributed by atoms with Crippen LogP contribution in [0.15, 0.2) is 168 Å². The first-order valence-electron chi connectivity index (χ1n) is 17.0. The molecule has 1 heterocycles. The minimum absolute atomic E-state index is 0.126. The number of nitrogens with zero attached hydrogens (tertiary/aromatic N) is 1. The molecule has 0 aliphatic heterocycles. The number of fused-ring (bicyclic) bond motifs is 9. The molecule has 1 aliphatic rings. The standard InChI is InChI=1S/C47H33NO/c1-47(2)42-29-34-27-36(24-22-33(34)28-41(42)39-25-23-31-14-6-7-17-37(31)45(39)47)48(35-16-10-15-32(26-35)30-12-4-3-5-13-30)43-20-11-19-40-38-18-8-9-21-44(38)49-46(40)43/h3-29H,1-2H3. The van der Waals surface area contributed by atoms with E-state index in [1.165, 1.54) is 54.9 Å². The van der Waals surface area contributed by atoms with Crippen LogP contribution in [0.25, 0.3) is 65.7 Å². The molecule has 0 spiro atoms. The molecule has 232 valence electrons. The second-order valence-electron chi connectivity index (χ2n) is 13.8. The molecule has 0 bridgehead atoms. The van der Waals surface area contributed by atoms with E-state index in [1.54, 1.807) is 0 Å². The molecule has 0 saturated carbocycles. The molecule has 1 aliphatic carbocycles. The molecule has 0 N–H and O–H groups in total.